The lowest BCUT2D eigenvalue weighted by Crippen LogP contribution is -1.93. The number of carbonyl (C=O) groups is 1. The number of benzene rings is 1. The molecule has 4 heteroatoms. The Morgan fingerprint density at radius 3 is 2.77 bits per heavy atom. The lowest BCUT2D eigenvalue weighted by Gasteiger charge is -2.02. The van der Waals surface area contributed by atoms with Gasteiger partial charge in [-0.1, -0.05) is 15.9 Å². The van der Waals surface area contributed by atoms with Crippen molar-refractivity contribution in [3.63, 3.8) is 0 Å². The maximum atomic E-state index is 10.3. The van der Waals surface area contributed by atoms with Crippen molar-refractivity contribution in [3.05, 3.63) is 22.2 Å². The number of hydrogen-bond acceptors (Lipinski definition) is 3. The van der Waals surface area contributed by atoms with Crippen molar-refractivity contribution in [2.45, 2.75) is 6.42 Å². The van der Waals surface area contributed by atoms with Gasteiger partial charge in [0.05, 0.1) is 0 Å². The van der Waals surface area contributed by atoms with Gasteiger partial charge >= 0.3 is 0 Å². The normalized spacial score (nSPS) is 13.0. The van der Waals surface area contributed by atoms with Crippen molar-refractivity contribution < 1.29 is 14.3 Å². The van der Waals surface area contributed by atoms with E-state index in [0.29, 0.717) is 12.2 Å². The average Bonchev–Trinajstić information content (AvgIpc) is 2.52. The fourth-order valence-electron chi connectivity index (χ4n) is 1.21. The minimum atomic E-state index is 0.256. The highest BCUT2D eigenvalue weighted by Gasteiger charge is 2.15. The molecule has 0 aromatic heterocycles. The van der Waals surface area contributed by atoms with Crippen molar-refractivity contribution in [3.8, 4) is 11.5 Å². The second-order valence-corrected chi connectivity index (χ2v) is 3.52. The van der Waals surface area contributed by atoms with Gasteiger partial charge in [-0.3, -0.25) is 0 Å². The van der Waals surface area contributed by atoms with Gasteiger partial charge in [-0.25, -0.2) is 0 Å². The smallest absolute Gasteiger partial charge is 0.231 e. The van der Waals surface area contributed by atoms with Crippen molar-refractivity contribution >= 4 is 22.2 Å². The zero-order valence-electron chi connectivity index (χ0n) is 6.75. The molecule has 3 nitrogen and oxygen atoms in total. The highest BCUT2D eigenvalue weighted by molar-refractivity contribution is 9.10. The van der Waals surface area contributed by atoms with Gasteiger partial charge in [0.2, 0.25) is 6.79 Å². The van der Waals surface area contributed by atoms with E-state index in [-0.39, 0.29) is 6.79 Å². The summed E-state index contributed by atoms with van der Waals surface area (Å²) in [4.78, 5) is 10.3. The molecule has 0 aliphatic carbocycles. The predicted molar refractivity (Wildman–Crippen MR) is 50.0 cm³/mol. The van der Waals surface area contributed by atoms with Gasteiger partial charge in [-0.2, -0.15) is 0 Å². The van der Waals surface area contributed by atoms with Gasteiger partial charge < -0.3 is 14.3 Å². The molecule has 2 rings (SSSR count). The number of ether oxygens (including phenoxy) is 2. The molecule has 0 fully saturated rings. The molecule has 13 heavy (non-hydrogen) atoms. The minimum Gasteiger partial charge on any atom is -0.454 e. The maximum absolute atomic E-state index is 10.3. The Balaban J connectivity index is 2.42. The van der Waals surface area contributed by atoms with Crippen molar-refractivity contribution in [1.29, 1.82) is 0 Å². The Morgan fingerprint density at radius 1 is 1.38 bits per heavy atom. The summed E-state index contributed by atoms with van der Waals surface area (Å²) in [5, 5.41) is 0. The minimum absolute atomic E-state index is 0.256. The van der Waals surface area contributed by atoms with Crippen LogP contribution in [-0.4, -0.2) is 13.1 Å². The second kappa shape index (κ2) is 3.38. The van der Waals surface area contributed by atoms with Crippen LogP contribution in [0, 0.1) is 0 Å². The molecule has 0 bridgehead atoms. The van der Waals surface area contributed by atoms with Gasteiger partial charge in [0, 0.05) is 10.9 Å². The quantitative estimate of drug-likeness (QED) is 0.744. The van der Waals surface area contributed by atoms with Crippen LogP contribution in [0.3, 0.4) is 0 Å². The van der Waals surface area contributed by atoms with Gasteiger partial charge in [0.15, 0.2) is 11.5 Å². The number of carbonyl (C=O) groups excluding carboxylic acids is 1. The molecule has 0 atom stereocenters. The number of aldehydes is 1. The van der Waals surface area contributed by atoms with E-state index in [1.54, 1.807) is 0 Å². The van der Waals surface area contributed by atoms with Gasteiger partial charge in [-0.15, -0.1) is 0 Å². The Kier molecular flexibility index (Phi) is 2.22. The first-order valence-corrected chi connectivity index (χ1v) is 4.62. The van der Waals surface area contributed by atoms with Crippen LogP contribution in [0.2, 0.25) is 0 Å². The standard InChI is InChI=1S/C9H7BrO3/c10-7-4-9-8(12-5-13-9)3-6(7)1-2-11/h2-4H,1,5H2. The predicted octanol–water partition coefficient (Wildman–Crippen LogP) is 1.92. The number of halogens is 1. The zero-order valence-corrected chi connectivity index (χ0v) is 8.33. The lowest BCUT2D eigenvalue weighted by molar-refractivity contribution is -0.107. The van der Waals surface area contributed by atoms with E-state index < -0.39 is 0 Å². The second-order valence-electron chi connectivity index (χ2n) is 2.67. The van der Waals surface area contributed by atoms with Gasteiger partial charge in [0.25, 0.3) is 0 Å². The Bertz CT molecular complexity index is 349. The summed E-state index contributed by atoms with van der Waals surface area (Å²) < 4.78 is 11.2. The highest BCUT2D eigenvalue weighted by Crippen LogP contribution is 2.36. The third-order valence-electron chi connectivity index (χ3n) is 1.84. The molecule has 0 radical (unpaired) electrons. The Labute approximate surface area is 83.8 Å². The fraction of sp³-hybridized carbons (Fsp3) is 0.222. The molecule has 0 spiro atoms. The Morgan fingerprint density at radius 2 is 2.08 bits per heavy atom. The number of hydrogen-bond donors (Lipinski definition) is 0. The van der Waals surface area contributed by atoms with Gasteiger partial charge in [-0.05, 0) is 17.7 Å². The van der Waals surface area contributed by atoms with Crippen molar-refractivity contribution in [1.82, 2.24) is 0 Å². The molecular formula is C9H7BrO3. The Hall–Kier alpha value is -1.03. The summed E-state index contributed by atoms with van der Waals surface area (Å²) in [5.74, 6) is 1.43. The van der Waals surface area contributed by atoms with Crippen LogP contribution in [-0.2, 0) is 11.2 Å². The maximum Gasteiger partial charge on any atom is 0.231 e. The van der Waals surface area contributed by atoms with E-state index in [1.165, 1.54) is 0 Å². The average molecular weight is 243 g/mol. The van der Waals surface area contributed by atoms with E-state index >= 15 is 0 Å². The summed E-state index contributed by atoms with van der Waals surface area (Å²) in [7, 11) is 0. The van der Waals surface area contributed by atoms with Crippen LogP contribution < -0.4 is 9.47 Å². The molecule has 0 amide bonds. The molecule has 0 saturated heterocycles. The summed E-state index contributed by atoms with van der Waals surface area (Å²) in [6.07, 6.45) is 1.25. The molecular weight excluding hydrogens is 236 g/mol. The van der Waals surface area contributed by atoms with Crippen LogP contribution in [0.15, 0.2) is 16.6 Å². The zero-order chi connectivity index (χ0) is 9.26. The molecule has 1 heterocycles. The first-order chi connectivity index (χ1) is 6.31. The third kappa shape index (κ3) is 1.54. The summed E-state index contributed by atoms with van der Waals surface area (Å²) in [5.41, 5.74) is 0.916. The van der Waals surface area contributed by atoms with Crippen LogP contribution in [0.25, 0.3) is 0 Å². The summed E-state index contributed by atoms with van der Waals surface area (Å²) >= 11 is 3.36. The van der Waals surface area contributed by atoms with E-state index in [0.717, 1.165) is 22.1 Å². The van der Waals surface area contributed by atoms with Crippen LogP contribution >= 0.6 is 15.9 Å². The molecule has 68 valence electrons. The van der Waals surface area contributed by atoms with E-state index in [9.17, 15) is 4.79 Å². The molecule has 0 unspecified atom stereocenters. The monoisotopic (exact) mass is 242 g/mol. The summed E-state index contributed by atoms with van der Waals surface area (Å²) in [6.45, 7) is 0.256. The third-order valence-corrected chi connectivity index (χ3v) is 2.58. The number of fused-ring (bicyclic) bond motifs is 1. The number of rotatable bonds is 2. The van der Waals surface area contributed by atoms with Crippen LogP contribution in [0.4, 0.5) is 0 Å². The van der Waals surface area contributed by atoms with Crippen molar-refractivity contribution in [2.24, 2.45) is 0 Å². The lowest BCUT2D eigenvalue weighted by atomic mass is 10.1. The van der Waals surface area contributed by atoms with E-state index in [1.807, 2.05) is 12.1 Å². The molecule has 1 aromatic rings. The van der Waals surface area contributed by atoms with E-state index in [4.69, 9.17) is 9.47 Å². The molecule has 1 aliphatic heterocycles. The first kappa shape index (κ1) is 8.56. The van der Waals surface area contributed by atoms with Crippen molar-refractivity contribution in [2.75, 3.05) is 6.79 Å². The topological polar surface area (TPSA) is 35.5 Å². The molecule has 0 saturated carbocycles. The largest absolute Gasteiger partial charge is 0.454 e. The fourth-order valence-corrected chi connectivity index (χ4v) is 1.69. The van der Waals surface area contributed by atoms with E-state index in [2.05, 4.69) is 15.9 Å². The van der Waals surface area contributed by atoms with Gasteiger partial charge in [0.1, 0.15) is 6.29 Å². The highest BCUT2D eigenvalue weighted by atomic mass is 79.9. The first-order valence-electron chi connectivity index (χ1n) is 3.83. The molecule has 0 N–H and O–H groups in total. The molecule has 1 aromatic carbocycles. The van der Waals surface area contributed by atoms with Crippen LogP contribution in [0.5, 0.6) is 11.5 Å². The molecule has 1 aliphatic rings. The SMILES string of the molecule is O=CCc1cc2c(cc1Br)OCO2. The van der Waals surface area contributed by atoms with Crippen LogP contribution in [0.1, 0.15) is 5.56 Å². The summed E-state index contributed by atoms with van der Waals surface area (Å²) in [6, 6.07) is 3.64.